The van der Waals surface area contributed by atoms with Crippen molar-refractivity contribution in [3.8, 4) is 11.5 Å². The molecule has 9 heteroatoms. The minimum Gasteiger partial charge on any atom is -0.493 e. The van der Waals surface area contributed by atoms with Gasteiger partial charge >= 0.3 is 0 Å². The van der Waals surface area contributed by atoms with Crippen LogP contribution in [0.1, 0.15) is 11.1 Å². The lowest BCUT2D eigenvalue weighted by Crippen LogP contribution is -2.50. The van der Waals surface area contributed by atoms with E-state index in [1.165, 1.54) is 12.1 Å². The summed E-state index contributed by atoms with van der Waals surface area (Å²) in [6.45, 7) is 1.12. The smallest absolute Gasteiger partial charge is 0.185 e. The van der Waals surface area contributed by atoms with Crippen LogP contribution in [-0.2, 0) is 13.0 Å². The van der Waals surface area contributed by atoms with E-state index in [-0.39, 0.29) is 5.82 Å². The molecule has 0 saturated heterocycles. The lowest BCUT2D eigenvalue weighted by Gasteiger charge is -2.14. The molecule has 0 unspecified atom stereocenters. The number of nitrogens with one attached hydrogen (secondary N) is 4. The van der Waals surface area contributed by atoms with Crippen LogP contribution < -0.4 is 31.0 Å². The fraction of sp³-hybridized carbons (Fsp3) is 0.263. The molecule has 0 saturated carbocycles. The van der Waals surface area contributed by atoms with Crippen LogP contribution in [0.3, 0.4) is 0 Å². The van der Waals surface area contributed by atoms with Gasteiger partial charge in [0.2, 0.25) is 0 Å². The van der Waals surface area contributed by atoms with Gasteiger partial charge in [-0.15, -0.1) is 0 Å². The molecule has 28 heavy (non-hydrogen) atoms. The summed E-state index contributed by atoms with van der Waals surface area (Å²) in [5, 5.41) is 6.90. The number of rotatable bonds is 7. The van der Waals surface area contributed by atoms with Gasteiger partial charge in [-0.2, -0.15) is 0 Å². The van der Waals surface area contributed by atoms with E-state index in [0.29, 0.717) is 34.8 Å². The second-order valence-electron chi connectivity index (χ2n) is 5.75. The molecule has 0 heterocycles. The summed E-state index contributed by atoms with van der Waals surface area (Å²) < 4.78 is 23.4. The summed E-state index contributed by atoms with van der Waals surface area (Å²) in [4.78, 5) is 0. The van der Waals surface area contributed by atoms with Crippen LogP contribution in [0, 0.1) is 5.82 Å². The zero-order valence-electron chi connectivity index (χ0n) is 15.7. The van der Waals surface area contributed by atoms with E-state index in [0.717, 1.165) is 17.5 Å². The minimum absolute atomic E-state index is 0.268. The summed E-state index contributed by atoms with van der Waals surface area (Å²) in [5.41, 5.74) is 7.63. The van der Waals surface area contributed by atoms with Crippen LogP contribution in [0.4, 0.5) is 4.39 Å². The maximum absolute atomic E-state index is 12.9. The number of thiocarbonyl (C=S) groups is 2. The molecule has 6 nitrogen and oxygen atoms in total. The Kier molecular flexibility index (Phi) is 8.70. The first-order chi connectivity index (χ1) is 13.5. The second-order valence-corrected chi connectivity index (χ2v) is 6.57. The molecule has 0 amide bonds. The van der Waals surface area contributed by atoms with E-state index < -0.39 is 0 Å². The van der Waals surface area contributed by atoms with Crippen LogP contribution in [0.25, 0.3) is 0 Å². The Balaban J connectivity index is 1.65. The van der Waals surface area contributed by atoms with Gasteiger partial charge in [-0.3, -0.25) is 10.9 Å². The normalized spacial score (nSPS) is 9.96. The van der Waals surface area contributed by atoms with Crippen molar-refractivity contribution in [2.45, 2.75) is 13.0 Å². The number of hydrogen-bond donors (Lipinski definition) is 4. The third-order valence-electron chi connectivity index (χ3n) is 3.80. The van der Waals surface area contributed by atoms with Crippen molar-refractivity contribution < 1.29 is 13.9 Å². The maximum Gasteiger partial charge on any atom is 0.185 e. The second kappa shape index (κ2) is 11.3. The van der Waals surface area contributed by atoms with Gasteiger partial charge in [0.05, 0.1) is 14.2 Å². The zero-order valence-corrected chi connectivity index (χ0v) is 17.3. The molecule has 0 fully saturated rings. The van der Waals surface area contributed by atoms with Crippen molar-refractivity contribution in [1.29, 1.82) is 0 Å². The quantitative estimate of drug-likeness (QED) is 0.401. The largest absolute Gasteiger partial charge is 0.493 e. The van der Waals surface area contributed by atoms with Crippen molar-refractivity contribution in [1.82, 2.24) is 21.5 Å². The summed E-state index contributed by atoms with van der Waals surface area (Å²) in [7, 11) is 3.22. The van der Waals surface area contributed by atoms with Crippen LogP contribution >= 0.6 is 24.4 Å². The first-order valence-corrected chi connectivity index (χ1v) is 9.36. The highest BCUT2D eigenvalue weighted by Crippen LogP contribution is 2.27. The highest BCUT2D eigenvalue weighted by molar-refractivity contribution is 7.80. The molecule has 0 aliphatic heterocycles. The standard InChI is InChI=1S/C19H23FN4O2S2/c1-25-16-8-5-13(11-17(16)26-2)9-10-21-18(27)23-24-19(28)22-12-14-3-6-15(20)7-4-14/h3-8,11H,9-10,12H2,1-2H3,(H2,21,23,27)(H2,22,24,28). The van der Waals surface area contributed by atoms with Gasteiger partial charge in [-0.05, 0) is 66.2 Å². The zero-order chi connectivity index (χ0) is 20.4. The van der Waals surface area contributed by atoms with Gasteiger partial charge in [0, 0.05) is 13.1 Å². The van der Waals surface area contributed by atoms with E-state index in [4.69, 9.17) is 33.9 Å². The Hall–Kier alpha value is -2.65. The lowest BCUT2D eigenvalue weighted by atomic mass is 10.1. The SMILES string of the molecule is COc1ccc(CCNC(=S)NNC(=S)NCc2ccc(F)cc2)cc1OC. The molecule has 2 aromatic carbocycles. The van der Waals surface area contributed by atoms with Crippen LogP contribution in [0.2, 0.25) is 0 Å². The Bertz CT molecular complexity index is 803. The Morgan fingerprint density at radius 2 is 1.46 bits per heavy atom. The number of halogens is 1. The maximum atomic E-state index is 12.9. The molecule has 0 spiro atoms. The van der Waals surface area contributed by atoms with Gasteiger partial charge in [0.1, 0.15) is 5.82 Å². The monoisotopic (exact) mass is 422 g/mol. The topological polar surface area (TPSA) is 66.6 Å². The Labute approximate surface area is 174 Å². The van der Waals surface area contributed by atoms with E-state index in [1.54, 1.807) is 26.4 Å². The minimum atomic E-state index is -0.268. The number of hydrazine groups is 1. The average Bonchev–Trinajstić information content (AvgIpc) is 2.71. The predicted octanol–water partition coefficient (Wildman–Crippen LogP) is 2.43. The van der Waals surface area contributed by atoms with Crippen LogP contribution in [0.5, 0.6) is 11.5 Å². The van der Waals surface area contributed by atoms with Gasteiger partial charge in [0.25, 0.3) is 0 Å². The molecule has 4 N–H and O–H groups in total. The van der Waals surface area contributed by atoms with Gasteiger partial charge in [-0.25, -0.2) is 4.39 Å². The van der Waals surface area contributed by atoms with Crippen molar-refractivity contribution in [2.75, 3.05) is 20.8 Å². The lowest BCUT2D eigenvalue weighted by molar-refractivity contribution is 0.354. The van der Waals surface area contributed by atoms with Crippen molar-refractivity contribution in [3.63, 3.8) is 0 Å². The molecule has 0 radical (unpaired) electrons. The van der Waals surface area contributed by atoms with Gasteiger partial charge in [0.15, 0.2) is 21.7 Å². The Morgan fingerprint density at radius 1 is 0.857 bits per heavy atom. The van der Waals surface area contributed by atoms with E-state index in [2.05, 4.69) is 21.5 Å². The first-order valence-electron chi connectivity index (χ1n) is 8.55. The summed E-state index contributed by atoms with van der Waals surface area (Å²) in [6.07, 6.45) is 0.759. The van der Waals surface area contributed by atoms with E-state index in [1.807, 2.05) is 18.2 Å². The molecule has 0 aliphatic rings. The molecule has 0 aromatic heterocycles. The molecule has 2 rings (SSSR count). The number of ether oxygens (including phenoxy) is 2. The summed E-state index contributed by atoms with van der Waals surface area (Å²) >= 11 is 10.4. The number of methoxy groups -OCH3 is 2. The number of benzene rings is 2. The molecule has 2 aromatic rings. The summed E-state index contributed by atoms with van der Waals surface area (Å²) in [6, 6.07) is 12.0. The third-order valence-corrected chi connectivity index (χ3v) is 4.30. The first kappa shape index (κ1) is 21.6. The average molecular weight is 423 g/mol. The van der Waals surface area contributed by atoms with Gasteiger partial charge in [-0.1, -0.05) is 18.2 Å². The molecule has 150 valence electrons. The van der Waals surface area contributed by atoms with Gasteiger partial charge < -0.3 is 20.1 Å². The van der Waals surface area contributed by atoms with Crippen molar-refractivity contribution in [2.24, 2.45) is 0 Å². The molecule has 0 aliphatic carbocycles. The van der Waals surface area contributed by atoms with Crippen LogP contribution in [0.15, 0.2) is 42.5 Å². The van der Waals surface area contributed by atoms with Crippen molar-refractivity contribution >= 4 is 34.7 Å². The van der Waals surface area contributed by atoms with Crippen LogP contribution in [-0.4, -0.2) is 31.0 Å². The molecular formula is C19H23FN4O2S2. The van der Waals surface area contributed by atoms with Crippen molar-refractivity contribution in [3.05, 3.63) is 59.4 Å². The Morgan fingerprint density at radius 3 is 2.11 bits per heavy atom. The highest BCUT2D eigenvalue weighted by atomic mass is 32.1. The number of hydrogen-bond acceptors (Lipinski definition) is 4. The van der Waals surface area contributed by atoms with E-state index >= 15 is 0 Å². The molecule has 0 bridgehead atoms. The van der Waals surface area contributed by atoms with E-state index in [9.17, 15) is 4.39 Å². The third kappa shape index (κ3) is 7.16. The molecule has 0 atom stereocenters. The molecular weight excluding hydrogens is 399 g/mol. The predicted molar refractivity (Wildman–Crippen MR) is 116 cm³/mol. The fourth-order valence-electron chi connectivity index (χ4n) is 2.34. The highest BCUT2D eigenvalue weighted by Gasteiger charge is 2.05. The summed E-state index contributed by atoms with van der Waals surface area (Å²) in [5.74, 6) is 1.12. The fourth-order valence-corrected chi connectivity index (χ4v) is 2.62.